The fourth-order valence-electron chi connectivity index (χ4n) is 0.991. The van der Waals surface area contributed by atoms with E-state index in [4.69, 9.17) is 5.73 Å². The standard InChI is InChI=1S/C8H8F2N2O2/c9-8(10)7(11)5-2-1-3-6(4-5)12(13)14/h1-4,7-8H,11H2. The summed E-state index contributed by atoms with van der Waals surface area (Å²) in [6, 6.07) is 3.47. The maximum Gasteiger partial charge on any atom is 0.269 e. The molecule has 0 saturated heterocycles. The molecule has 1 atom stereocenters. The van der Waals surface area contributed by atoms with Gasteiger partial charge in [-0.3, -0.25) is 10.1 Å². The van der Waals surface area contributed by atoms with Gasteiger partial charge in [0.25, 0.3) is 12.1 Å². The third kappa shape index (κ3) is 2.23. The number of rotatable bonds is 3. The molecule has 0 saturated carbocycles. The highest BCUT2D eigenvalue weighted by Crippen LogP contribution is 2.21. The third-order valence-electron chi connectivity index (χ3n) is 1.74. The van der Waals surface area contributed by atoms with Crippen molar-refractivity contribution < 1.29 is 13.7 Å². The summed E-state index contributed by atoms with van der Waals surface area (Å²) in [6.07, 6.45) is -2.72. The van der Waals surface area contributed by atoms with Crippen molar-refractivity contribution in [3.05, 3.63) is 39.9 Å². The van der Waals surface area contributed by atoms with Crippen molar-refractivity contribution in [2.75, 3.05) is 0 Å². The molecule has 0 aliphatic rings. The van der Waals surface area contributed by atoms with Gasteiger partial charge in [0.15, 0.2) is 0 Å². The Balaban J connectivity index is 2.99. The molecule has 1 unspecified atom stereocenters. The van der Waals surface area contributed by atoms with Crippen molar-refractivity contribution in [1.29, 1.82) is 0 Å². The van der Waals surface area contributed by atoms with E-state index in [1.807, 2.05) is 0 Å². The predicted molar refractivity (Wildman–Crippen MR) is 46.0 cm³/mol. The van der Waals surface area contributed by atoms with E-state index >= 15 is 0 Å². The van der Waals surface area contributed by atoms with E-state index in [1.165, 1.54) is 18.2 Å². The van der Waals surface area contributed by atoms with Gasteiger partial charge in [0.1, 0.15) is 0 Å². The van der Waals surface area contributed by atoms with E-state index < -0.39 is 17.4 Å². The van der Waals surface area contributed by atoms with Crippen LogP contribution in [-0.2, 0) is 0 Å². The Labute approximate surface area is 78.5 Å². The molecule has 14 heavy (non-hydrogen) atoms. The monoisotopic (exact) mass is 202 g/mol. The van der Waals surface area contributed by atoms with Crippen LogP contribution in [0.4, 0.5) is 14.5 Å². The van der Waals surface area contributed by atoms with Crippen molar-refractivity contribution in [2.45, 2.75) is 12.5 Å². The summed E-state index contributed by atoms with van der Waals surface area (Å²) in [5.41, 5.74) is 4.96. The van der Waals surface area contributed by atoms with Gasteiger partial charge < -0.3 is 5.73 Å². The van der Waals surface area contributed by atoms with Gasteiger partial charge in [0.05, 0.1) is 11.0 Å². The molecule has 0 aliphatic heterocycles. The molecule has 0 aromatic heterocycles. The molecular formula is C8H8F2N2O2. The molecule has 0 fully saturated rings. The van der Waals surface area contributed by atoms with Crippen molar-refractivity contribution in [3.63, 3.8) is 0 Å². The van der Waals surface area contributed by atoms with E-state index in [2.05, 4.69) is 0 Å². The quantitative estimate of drug-likeness (QED) is 0.600. The lowest BCUT2D eigenvalue weighted by Gasteiger charge is -2.09. The van der Waals surface area contributed by atoms with Crippen LogP contribution in [0.15, 0.2) is 24.3 Å². The second kappa shape index (κ2) is 4.10. The van der Waals surface area contributed by atoms with Gasteiger partial charge in [0.2, 0.25) is 0 Å². The zero-order valence-electron chi connectivity index (χ0n) is 7.06. The van der Waals surface area contributed by atoms with Gasteiger partial charge in [-0.1, -0.05) is 12.1 Å². The molecule has 0 spiro atoms. The van der Waals surface area contributed by atoms with Gasteiger partial charge in [-0.05, 0) is 5.56 Å². The lowest BCUT2D eigenvalue weighted by Crippen LogP contribution is -2.18. The molecule has 0 aliphatic carbocycles. The summed E-state index contributed by atoms with van der Waals surface area (Å²) >= 11 is 0. The van der Waals surface area contributed by atoms with Crippen LogP contribution in [0.25, 0.3) is 0 Å². The van der Waals surface area contributed by atoms with Gasteiger partial charge in [-0.2, -0.15) is 0 Å². The maximum absolute atomic E-state index is 12.2. The van der Waals surface area contributed by atoms with Crippen molar-refractivity contribution in [2.24, 2.45) is 5.73 Å². The average Bonchev–Trinajstić information content (AvgIpc) is 2.16. The van der Waals surface area contributed by atoms with E-state index in [0.29, 0.717) is 0 Å². The molecule has 2 N–H and O–H groups in total. The number of hydrogen-bond acceptors (Lipinski definition) is 3. The molecule has 6 heteroatoms. The fourth-order valence-corrected chi connectivity index (χ4v) is 0.991. The Bertz CT molecular complexity index is 344. The SMILES string of the molecule is NC(c1cccc([N+](=O)[O-])c1)C(F)F. The lowest BCUT2D eigenvalue weighted by atomic mass is 10.1. The summed E-state index contributed by atoms with van der Waals surface area (Å²) in [7, 11) is 0. The predicted octanol–water partition coefficient (Wildman–Crippen LogP) is 1.86. The third-order valence-corrected chi connectivity index (χ3v) is 1.74. The van der Waals surface area contributed by atoms with Gasteiger partial charge in [-0.15, -0.1) is 0 Å². The van der Waals surface area contributed by atoms with Gasteiger partial charge >= 0.3 is 0 Å². The molecule has 0 amide bonds. The van der Waals surface area contributed by atoms with Crippen LogP contribution >= 0.6 is 0 Å². The highest BCUT2D eigenvalue weighted by Gasteiger charge is 2.19. The molecule has 0 heterocycles. The molecule has 4 nitrogen and oxygen atoms in total. The van der Waals surface area contributed by atoms with Gasteiger partial charge in [-0.25, -0.2) is 8.78 Å². The van der Waals surface area contributed by atoms with E-state index in [0.717, 1.165) is 6.07 Å². The number of nitrogens with two attached hydrogens (primary N) is 1. The minimum Gasteiger partial charge on any atom is -0.319 e. The number of hydrogen-bond donors (Lipinski definition) is 1. The van der Waals surface area contributed by atoms with Crippen molar-refractivity contribution in [1.82, 2.24) is 0 Å². The number of benzene rings is 1. The number of nitro benzene ring substituents is 1. The molecule has 0 bridgehead atoms. The summed E-state index contributed by atoms with van der Waals surface area (Å²) in [5.74, 6) is 0. The number of nitro groups is 1. The Morgan fingerprint density at radius 2 is 2.07 bits per heavy atom. The van der Waals surface area contributed by atoms with Gasteiger partial charge in [0, 0.05) is 12.1 Å². The molecule has 76 valence electrons. The number of nitrogens with zero attached hydrogens (tertiary/aromatic N) is 1. The minimum atomic E-state index is -2.72. The Hall–Kier alpha value is -1.56. The second-order valence-electron chi connectivity index (χ2n) is 2.71. The minimum absolute atomic E-state index is 0.0641. The molecule has 1 aromatic carbocycles. The van der Waals surface area contributed by atoms with Crippen LogP contribution in [0.5, 0.6) is 0 Å². The first-order chi connectivity index (χ1) is 6.52. The van der Waals surface area contributed by atoms with Crippen LogP contribution < -0.4 is 5.73 Å². The Kier molecular flexibility index (Phi) is 3.08. The number of alkyl halides is 2. The van der Waals surface area contributed by atoms with Crippen LogP contribution in [0, 0.1) is 10.1 Å². The zero-order valence-corrected chi connectivity index (χ0v) is 7.06. The summed E-state index contributed by atoms with van der Waals surface area (Å²) in [6.45, 7) is 0. The molecule has 1 rings (SSSR count). The van der Waals surface area contributed by atoms with Crippen molar-refractivity contribution >= 4 is 5.69 Å². The van der Waals surface area contributed by atoms with Crippen molar-refractivity contribution in [3.8, 4) is 0 Å². The lowest BCUT2D eigenvalue weighted by molar-refractivity contribution is -0.384. The Morgan fingerprint density at radius 3 is 2.57 bits per heavy atom. The Morgan fingerprint density at radius 1 is 1.43 bits per heavy atom. The molecular weight excluding hydrogens is 194 g/mol. The van der Waals surface area contributed by atoms with E-state index in [-0.39, 0.29) is 11.3 Å². The normalized spacial score (nSPS) is 12.9. The molecule has 0 radical (unpaired) electrons. The maximum atomic E-state index is 12.2. The highest BCUT2D eigenvalue weighted by atomic mass is 19.3. The van der Waals surface area contributed by atoms with E-state index in [1.54, 1.807) is 0 Å². The highest BCUT2D eigenvalue weighted by molar-refractivity contribution is 5.35. The first kappa shape index (κ1) is 10.5. The summed E-state index contributed by atoms with van der Waals surface area (Å²) in [5, 5.41) is 10.3. The smallest absolute Gasteiger partial charge is 0.269 e. The van der Waals surface area contributed by atoms with Crippen LogP contribution in [0.3, 0.4) is 0 Å². The first-order valence-corrected chi connectivity index (χ1v) is 3.80. The number of non-ortho nitro benzene ring substituents is 1. The first-order valence-electron chi connectivity index (χ1n) is 3.80. The topological polar surface area (TPSA) is 69.2 Å². The largest absolute Gasteiger partial charge is 0.319 e. The second-order valence-corrected chi connectivity index (χ2v) is 2.71. The summed E-state index contributed by atoms with van der Waals surface area (Å²) < 4.78 is 24.3. The van der Waals surface area contributed by atoms with E-state index in [9.17, 15) is 18.9 Å². The average molecular weight is 202 g/mol. The summed E-state index contributed by atoms with van der Waals surface area (Å²) in [4.78, 5) is 9.67. The molecule has 1 aromatic rings. The fraction of sp³-hybridized carbons (Fsp3) is 0.250. The van der Waals surface area contributed by atoms with Crippen LogP contribution in [0.2, 0.25) is 0 Å². The van der Waals surface area contributed by atoms with Crippen LogP contribution in [0.1, 0.15) is 11.6 Å². The zero-order chi connectivity index (χ0) is 10.7. The number of halogens is 2. The van der Waals surface area contributed by atoms with Crippen LogP contribution in [-0.4, -0.2) is 11.3 Å².